The molecule has 8 nitrogen and oxygen atoms in total. The third kappa shape index (κ3) is 6.60. The predicted molar refractivity (Wildman–Crippen MR) is 136 cm³/mol. The van der Waals surface area contributed by atoms with Gasteiger partial charge in [0.15, 0.2) is 0 Å². The summed E-state index contributed by atoms with van der Waals surface area (Å²) in [6.45, 7) is 4.18. The van der Waals surface area contributed by atoms with Crippen molar-refractivity contribution in [2.75, 3.05) is 30.3 Å². The highest BCUT2D eigenvalue weighted by Crippen LogP contribution is 2.25. The average molecular weight is 476 g/mol. The number of benzene rings is 1. The Labute approximate surface area is 204 Å². The van der Waals surface area contributed by atoms with Gasteiger partial charge in [0.2, 0.25) is 0 Å². The molecule has 4 N–H and O–H groups in total. The van der Waals surface area contributed by atoms with Gasteiger partial charge in [0.25, 0.3) is 0 Å². The zero-order valence-corrected chi connectivity index (χ0v) is 19.7. The van der Waals surface area contributed by atoms with Crippen LogP contribution in [0.25, 0.3) is 0 Å². The van der Waals surface area contributed by atoms with Crippen molar-refractivity contribution in [1.82, 2.24) is 20.2 Å². The number of amides is 2. The number of aromatic nitrogens is 2. The first kappa shape index (κ1) is 24.3. The third-order valence-corrected chi connectivity index (χ3v) is 6.05. The molecule has 0 spiro atoms. The van der Waals surface area contributed by atoms with Crippen LogP contribution >= 0.6 is 0 Å². The summed E-state index contributed by atoms with van der Waals surface area (Å²) in [6.07, 6.45) is 7.92. The zero-order chi connectivity index (χ0) is 24.6. The lowest BCUT2D eigenvalue weighted by Crippen LogP contribution is -2.41. The first-order valence-electron chi connectivity index (χ1n) is 11.8. The highest BCUT2D eigenvalue weighted by atomic mass is 19.1. The monoisotopic (exact) mass is 475 g/mol. The van der Waals surface area contributed by atoms with Gasteiger partial charge in [-0.15, -0.1) is 0 Å². The normalized spacial score (nSPS) is 14.7. The highest BCUT2D eigenvalue weighted by molar-refractivity contribution is 5.92. The molecule has 4 rings (SSSR count). The van der Waals surface area contributed by atoms with Gasteiger partial charge in [-0.25, -0.2) is 14.2 Å². The number of hydrogen-bond donors (Lipinski definition) is 4. The van der Waals surface area contributed by atoms with Crippen LogP contribution in [-0.4, -0.2) is 46.7 Å². The van der Waals surface area contributed by atoms with Crippen LogP contribution in [-0.2, 0) is 0 Å². The molecule has 9 heteroatoms. The van der Waals surface area contributed by atoms with E-state index in [1.54, 1.807) is 30.6 Å². The molecular weight excluding hydrogens is 445 g/mol. The van der Waals surface area contributed by atoms with Crippen molar-refractivity contribution in [2.24, 2.45) is 0 Å². The molecule has 1 saturated heterocycles. The summed E-state index contributed by atoms with van der Waals surface area (Å²) in [5, 5.41) is 16.7. The van der Waals surface area contributed by atoms with Gasteiger partial charge >= 0.3 is 6.03 Å². The maximum Gasteiger partial charge on any atom is 0.320 e. The Morgan fingerprint density at radius 2 is 1.91 bits per heavy atom. The van der Waals surface area contributed by atoms with E-state index < -0.39 is 0 Å². The number of pyridine rings is 2. The van der Waals surface area contributed by atoms with Crippen molar-refractivity contribution in [1.29, 1.82) is 5.41 Å². The number of carbonyl (C=O) groups excluding carboxylic acids is 1. The highest BCUT2D eigenvalue weighted by Gasteiger charge is 2.23. The number of nitrogens with zero attached hydrogens (tertiary/aromatic N) is 3. The van der Waals surface area contributed by atoms with Gasteiger partial charge in [0.1, 0.15) is 11.6 Å². The Morgan fingerprint density at radius 1 is 1.14 bits per heavy atom. The number of carbonyl (C=O) groups is 1. The smallest absolute Gasteiger partial charge is 0.320 e. The lowest BCUT2D eigenvalue weighted by Gasteiger charge is -2.35. The molecule has 0 saturated carbocycles. The Balaban J connectivity index is 1.40. The van der Waals surface area contributed by atoms with Crippen LogP contribution in [0.15, 0.2) is 54.9 Å². The molecule has 35 heavy (non-hydrogen) atoms. The molecule has 1 unspecified atom stereocenters. The average Bonchev–Trinajstić information content (AvgIpc) is 2.87. The topological polar surface area (TPSA) is 106 Å². The first-order chi connectivity index (χ1) is 17.0. The molecule has 1 atom stereocenters. The summed E-state index contributed by atoms with van der Waals surface area (Å²) in [5.74, 6) is 0.0655. The summed E-state index contributed by atoms with van der Waals surface area (Å²) in [7, 11) is 0. The fourth-order valence-corrected chi connectivity index (χ4v) is 4.26. The number of urea groups is 1. The Bertz CT molecular complexity index is 1160. The molecule has 2 aromatic heterocycles. The first-order valence-corrected chi connectivity index (χ1v) is 11.8. The minimum atomic E-state index is -0.386. The number of piperidine rings is 1. The van der Waals surface area contributed by atoms with Crippen LogP contribution in [0.3, 0.4) is 0 Å². The van der Waals surface area contributed by atoms with Gasteiger partial charge < -0.3 is 16.0 Å². The van der Waals surface area contributed by atoms with Crippen molar-refractivity contribution < 1.29 is 9.18 Å². The largest absolute Gasteiger partial charge is 0.354 e. The van der Waals surface area contributed by atoms with Gasteiger partial charge in [-0.2, -0.15) is 0 Å². The molecule has 0 radical (unpaired) electrons. The number of halogens is 1. The summed E-state index contributed by atoms with van der Waals surface area (Å²) >= 11 is 0. The quantitative estimate of drug-likeness (QED) is 0.343. The van der Waals surface area contributed by atoms with Crippen LogP contribution in [0.1, 0.15) is 42.1 Å². The van der Waals surface area contributed by atoms with Gasteiger partial charge in [0.05, 0.1) is 17.9 Å². The molecule has 1 aliphatic rings. The number of anilines is 3. The number of rotatable bonds is 8. The van der Waals surface area contributed by atoms with Crippen molar-refractivity contribution in [2.45, 2.75) is 32.2 Å². The molecule has 1 aliphatic heterocycles. The molecule has 1 aromatic carbocycles. The number of hydrogen-bond acceptors (Lipinski definition) is 6. The second kappa shape index (κ2) is 11.5. The SMILES string of the molecule is Cc1cc(Nc2cnc(NC(=O)NCC(c3ccc(F)cc3)N3CCCCC3)cc2C=N)ccn1. The summed E-state index contributed by atoms with van der Waals surface area (Å²) in [5.41, 5.74) is 3.92. The van der Waals surface area contributed by atoms with E-state index in [0.29, 0.717) is 23.6 Å². The standard InChI is InChI=1S/C26H30FN7O/c1-18-13-22(9-10-29-18)32-23-16-30-25(14-20(23)15-28)33-26(35)31-17-24(34-11-3-2-4-12-34)19-5-7-21(27)8-6-19/h5-10,13-16,24,28H,2-4,11-12,17H2,1H3,(H,29,32)(H2,30,31,33,35). The zero-order valence-electron chi connectivity index (χ0n) is 19.7. The molecule has 0 bridgehead atoms. The maximum atomic E-state index is 13.5. The van der Waals surface area contributed by atoms with Crippen molar-refractivity contribution in [3.63, 3.8) is 0 Å². The van der Waals surface area contributed by atoms with E-state index >= 15 is 0 Å². The van der Waals surface area contributed by atoms with E-state index in [4.69, 9.17) is 5.41 Å². The Kier molecular flexibility index (Phi) is 7.99. The Hall–Kier alpha value is -3.85. The van der Waals surface area contributed by atoms with E-state index in [1.165, 1.54) is 24.8 Å². The Morgan fingerprint density at radius 3 is 2.63 bits per heavy atom. The minimum Gasteiger partial charge on any atom is -0.354 e. The van der Waals surface area contributed by atoms with Crippen LogP contribution < -0.4 is 16.0 Å². The number of likely N-dealkylation sites (tertiary alicyclic amines) is 1. The van der Waals surface area contributed by atoms with Crippen LogP contribution in [0.4, 0.5) is 26.4 Å². The third-order valence-electron chi connectivity index (χ3n) is 6.05. The predicted octanol–water partition coefficient (Wildman–Crippen LogP) is 5.01. The molecule has 2 amide bonds. The fraction of sp³-hybridized carbons (Fsp3) is 0.308. The van der Waals surface area contributed by atoms with Gasteiger partial charge in [-0.1, -0.05) is 18.6 Å². The van der Waals surface area contributed by atoms with Crippen molar-refractivity contribution >= 4 is 29.4 Å². The molecular formula is C26H30FN7O. The molecule has 3 heterocycles. The summed E-state index contributed by atoms with van der Waals surface area (Å²) < 4.78 is 13.5. The fourth-order valence-electron chi connectivity index (χ4n) is 4.26. The van der Waals surface area contributed by atoms with E-state index in [9.17, 15) is 9.18 Å². The molecule has 1 fully saturated rings. The summed E-state index contributed by atoms with van der Waals surface area (Å²) in [6, 6.07) is 11.4. The summed E-state index contributed by atoms with van der Waals surface area (Å²) in [4.78, 5) is 23.5. The van der Waals surface area contributed by atoms with E-state index in [2.05, 4.69) is 30.8 Å². The second-order valence-corrected chi connectivity index (χ2v) is 8.61. The number of aryl methyl sites for hydroxylation is 1. The van der Waals surface area contributed by atoms with Crippen molar-refractivity contribution in [3.05, 3.63) is 77.5 Å². The number of nitrogens with one attached hydrogen (secondary N) is 4. The molecule has 0 aliphatic carbocycles. The van der Waals surface area contributed by atoms with E-state index in [1.807, 2.05) is 19.1 Å². The van der Waals surface area contributed by atoms with Gasteiger partial charge in [0, 0.05) is 35.9 Å². The lowest BCUT2D eigenvalue weighted by atomic mass is 10.0. The van der Waals surface area contributed by atoms with E-state index in [0.717, 1.165) is 42.9 Å². The van der Waals surface area contributed by atoms with Crippen LogP contribution in [0.2, 0.25) is 0 Å². The van der Waals surface area contributed by atoms with Crippen molar-refractivity contribution in [3.8, 4) is 0 Å². The van der Waals surface area contributed by atoms with Crippen LogP contribution in [0.5, 0.6) is 0 Å². The molecule has 182 valence electrons. The maximum absolute atomic E-state index is 13.5. The van der Waals surface area contributed by atoms with Crippen LogP contribution in [0, 0.1) is 18.2 Å². The van der Waals surface area contributed by atoms with E-state index in [-0.39, 0.29) is 17.9 Å². The minimum absolute atomic E-state index is 0.0397. The lowest BCUT2D eigenvalue weighted by molar-refractivity contribution is 0.161. The molecule has 3 aromatic rings. The van der Waals surface area contributed by atoms with Gasteiger partial charge in [-0.3, -0.25) is 15.2 Å². The van der Waals surface area contributed by atoms with Gasteiger partial charge in [-0.05, 0) is 68.8 Å². The second-order valence-electron chi connectivity index (χ2n) is 8.61.